The monoisotopic (exact) mass is 574 g/mol. The van der Waals surface area contributed by atoms with E-state index >= 15 is 0 Å². The van der Waals surface area contributed by atoms with E-state index in [1.165, 1.54) is 6.20 Å². The van der Waals surface area contributed by atoms with Crippen molar-refractivity contribution in [3.63, 3.8) is 0 Å². The number of ether oxygens (including phenoxy) is 1. The molecule has 0 saturated heterocycles. The highest BCUT2D eigenvalue weighted by Gasteiger charge is 2.20. The molecule has 2 aromatic carbocycles. The summed E-state index contributed by atoms with van der Waals surface area (Å²) in [7, 11) is 3.85. The van der Waals surface area contributed by atoms with Gasteiger partial charge in [-0.1, -0.05) is 48.5 Å². The Labute approximate surface area is 246 Å². The topological polar surface area (TPSA) is 142 Å². The lowest BCUT2D eigenvalue weighted by molar-refractivity contribution is 0.0635. The Morgan fingerprint density at radius 2 is 1.52 bits per heavy atom. The van der Waals surface area contributed by atoms with Crippen LogP contribution in [-0.2, 0) is 4.74 Å². The minimum Gasteiger partial charge on any atom is -0.444 e. The average molecular weight is 575 g/mol. The van der Waals surface area contributed by atoms with Gasteiger partial charge in [0, 0.05) is 11.8 Å². The summed E-state index contributed by atoms with van der Waals surface area (Å²) in [5, 5.41) is 10.9. The molecule has 1 heterocycles. The van der Waals surface area contributed by atoms with Crippen LogP contribution in [0.5, 0.6) is 0 Å². The van der Waals surface area contributed by atoms with Gasteiger partial charge in [-0.3, -0.25) is 19.9 Å². The van der Waals surface area contributed by atoms with Gasteiger partial charge in [0.1, 0.15) is 11.3 Å². The van der Waals surface area contributed by atoms with Crippen molar-refractivity contribution in [1.82, 2.24) is 20.5 Å². The van der Waals surface area contributed by atoms with Gasteiger partial charge in [-0.15, -0.1) is 0 Å². The highest BCUT2D eigenvalue weighted by Crippen LogP contribution is 2.23. The van der Waals surface area contributed by atoms with Crippen LogP contribution in [0, 0.1) is 0 Å². The van der Waals surface area contributed by atoms with E-state index in [0.717, 1.165) is 0 Å². The van der Waals surface area contributed by atoms with Crippen LogP contribution in [0.25, 0.3) is 0 Å². The van der Waals surface area contributed by atoms with Crippen molar-refractivity contribution < 1.29 is 23.9 Å². The van der Waals surface area contributed by atoms with Crippen molar-refractivity contribution in [3.05, 3.63) is 89.7 Å². The molecule has 0 saturated carbocycles. The summed E-state index contributed by atoms with van der Waals surface area (Å²) < 4.78 is 5.30. The number of nitrogens with zero attached hydrogens (tertiary/aromatic N) is 2. The zero-order valence-corrected chi connectivity index (χ0v) is 24.6. The van der Waals surface area contributed by atoms with Gasteiger partial charge in [0.2, 0.25) is 0 Å². The molecule has 0 bridgehead atoms. The van der Waals surface area contributed by atoms with E-state index < -0.39 is 29.7 Å². The molecule has 0 aliphatic rings. The zero-order chi connectivity index (χ0) is 30.7. The summed E-state index contributed by atoms with van der Waals surface area (Å²) in [5.74, 6) is -0.676. The number of ketones is 1. The molecule has 1 unspecified atom stereocenters. The maximum Gasteiger partial charge on any atom is 0.412 e. The van der Waals surface area contributed by atoms with Crippen molar-refractivity contribution in [3.8, 4) is 0 Å². The molecule has 11 nitrogen and oxygen atoms in total. The van der Waals surface area contributed by atoms with Crippen LogP contribution >= 0.6 is 0 Å². The fourth-order valence-corrected chi connectivity index (χ4v) is 3.85. The number of carbonyl (C=O) groups is 4. The summed E-state index contributed by atoms with van der Waals surface area (Å²) in [6.45, 7) is 5.82. The Morgan fingerprint density at radius 3 is 2.12 bits per heavy atom. The Bertz CT molecular complexity index is 1370. The first-order valence-electron chi connectivity index (χ1n) is 13.5. The Morgan fingerprint density at radius 1 is 0.881 bits per heavy atom. The highest BCUT2D eigenvalue weighted by molar-refractivity contribution is 6.05. The number of anilines is 2. The van der Waals surface area contributed by atoms with Gasteiger partial charge in [0.25, 0.3) is 5.91 Å². The number of amides is 4. The number of para-hydroxylation sites is 2. The van der Waals surface area contributed by atoms with Crippen molar-refractivity contribution in [2.24, 2.45) is 0 Å². The quantitative estimate of drug-likeness (QED) is 0.240. The molecule has 0 aliphatic carbocycles. The Hall–Kier alpha value is -4.77. The number of hydrogen-bond acceptors (Lipinski definition) is 7. The van der Waals surface area contributed by atoms with Crippen LogP contribution in [0.2, 0.25) is 0 Å². The number of Topliss-reactive ketones (excluding diaryl/α,β-unsaturated/α-hetero) is 1. The van der Waals surface area contributed by atoms with Gasteiger partial charge in [-0.2, -0.15) is 0 Å². The average Bonchev–Trinajstić information content (AvgIpc) is 2.94. The minimum absolute atomic E-state index is 0.141. The number of urea groups is 1. The summed E-state index contributed by atoms with van der Waals surface area (Å²) in [5.41, 5.74) is 1.45. The maximum atomic E-state index is 13.0. The lowest BCUT2D eigenvalue weighted by Gasteiger charge is -2.21. The molecule has 11 heteroatoms. The fourth-order valence-electron chi connectivity index (χ4n) is 3.85. The van der Waals surface area contributed by atoms with Gasteiger partial charge in [-0.05, 0) is 71.6 Å². The summed E-state index contributed by atoms with van der Waals surface area (Å²) in [4.78, 5) is 56.5. The number of carbonyl (C=O) groups excluding carboxylic acids is 4. The van der Waals surface area contributed by atoms with Crippen molar-refractivity contribution in [1.29, 1.82) is 0 Å². The molecule has 1 atom stereocenters. The van der Waals surface area contributed by atoms with Crippen LogP contribution in [0.15, 0.2) is 72.9 Å². The predicted molar refractivity (Wildman–Crippen MR) is 162 cm³/mol. The molecular weight excluding hydrogens is 536 g/mol. The number of rotatable bonds is 11. The molecular formula is C31H38N6O5. The van der Waals surface area contributed by atoms with Gasteiger partial charge in [0.15, 0.2) is 5.78 Å². The molecule has 3 rings (SSSR count). The van der Waals surface area contributed by atoms with Gasteiger partial charge in [-0.25, -0.2) is 9.59 Å². The van der Waals surface area contributed by atoms with Crippen molar-refractivity contribution >= 4 is 35.2 Å². The van der Waals surface area contributed by atoms with E-state index in [-0.39, 0.29) is 18.0 Å². The number of nitrogens with one attached hydrogen (secondary N) is 4. The van der Waals surface area contributed by atoms with Crippen LogP contribution in [-0.4, -0.2) is 66.5 Å². The Balaban J connectivity index is 1.65. The third kappa shape index (κ3) is 10.3. The van der Waals surface area contributed by atoms with E-state index in [1.54, 1.807) is 81.4 Å². The van der Waals surface area contributed by atoms with Gasteiger partial charge >= 0.3 is 12.1 Å². The van der Waals surface area contributed by atoms with E-state index in [1.807, 2.05) is 25.1 Å². The SMILES string of the molecule is CN(C)CCC(NC(=O)NCC(=O)c1ccccc1)c1ccc(C(=O)Nc2ccccc2NC(=O)OC(C)(C)C)nc1. The van der Waals surface area contributed by atoms with E-state index in [0.29, 0.717) is 35.5 Å². The summed E-state index contributed by atoms with van der Waals surface area (Å²) in [6.07, 6.45) is 1.47. The molecule has 42 heavy (non-hydrogen) atoms. The molecule has 4 amide bonds. The fraction of sp³-hybridized carbons (Fsp3) is 0.323. The number of hydrogen-bond donors (Lipinski definition) is 4. The predicted octanol–water partition coefficient (Wildman–Crippen LogP) is 4.86. The molecule has 3 aromatic rings. The summed E-state index contributed by atoms with van der Waals surface area (Å²) >= 11 is 0. The maximum absolute atomic E-state index is 13.0. The van der Waals surface area contributed by atoms with E-state index in [4.69, 9.17) is 4.74 Å². The third-order valence-corrected chi connectivity index (χ3v) is 5.91. The normalized spacial score (nSPS) is 11.8. The van der Waals surface area contributed by atoms with Gasteiger partial charge < -0.3 is 25.6 Å². The second-order valence-electron chi connectivity index (χ2n) is 10.9. The van der Waals surface area contributed by atoms with Crippen LogP contribution in [0.4, 0.5) is 21.0 Å². The standard InChI is InChI=1S/C31H38N6O5/c1-31(2,3)42-30(41)36-25-14-10-9-13-24(25)34-28(39)26-16-15-22(19-32-26)23(17-18-37(4)5)35-29(40)33-20-27(38)21-11-7-6-8-12-21/h6-16,19,23H,17-18,20H2,1-5H3,(H,34,39)(H,36,41)(H2,33,35,40). The van der Waals surface area contributed by atoms with Crippen LogP contribution in [0.1, 0.15) is 59.6 Å². The summed E-state index contributed by atoms with van der Waals surface area (Å²) in [6, 6.07) is 17.9. The van der Waals surface area contributed by atoms with Crippen molar-refractivity contribution in [2.75, 3.05) is 37.8 Å². The number of benzene rings is 2. The van der Waals surface area contributed by atoms with E-state index in [9.17, 15) is 19.2 Å². The molecule has 0 spiro atoms. The molecule has 0 radical (unpaired) electrons. The van der Waals surface area contributed by atoms with Crippen molar-refractivity contribution in [2.45, 2.75) is 38.8 Å². The first-order chi connectivity index (χ1) is 19.9. The van der Waals surface area contributed by atoms with Crippen LogP contribution < -0.4 is 21.3 Å². The van der Waals surface area contributed by atoms with Gasteiger partial charge in [0.05, 0.1) is 24.0 Å². The van der Waals surface area contributed by atoms with E-state index in [2.05, 4.69) is 26.3 Å². The molecule has 4 N–H and O–H groups in total. The van der Waals surface area contributed by atoms with Crippen LogP contribution in [0.3, 0.4) is 0 Å². The Kier molecular flexibility index (Phi) is 11.1. The smallest absolute Gasteiger partial charge is 0.412 e. The number of pyridine rings is 1. The molecule has 222 valence electrons. The third-order valence-electron chi connectivity index (χ3n) is 5.91. The first kappa shape index (κ1) is 31.8. The lowest BCUT2D eigenvalue weighted by Crippen LogP contribution is -2.41. The highest BCUT2D eigenvalue weighted by atomic mass is 16.6. The zero-order valence-electron chi connectivity index (χ0n) is 24.6. The largest absolute Gasteiger partial charge is 0.444 e. The molecule has 0 aliphatic heterocycles. The first-order valence-corrected chi connectivity index (χ1v) is 13.5. The second-order valence-corrected chi connectivity index (χ2v) is 10.9. The molecule has 0 fully saturated rings. The number of aromatic nitrogens is 1. The molecule has 1 aromatic heterocycles. The minimum atomic E-state index is -0.673. The lowest BCUT2D eigenvalue weighted by atomic mass is 10.1. The second kappa shape index (κ2) is 14.7.